The molecule has 0 amide bonds. The van der Waals surface area contributed by atoms with Crippen LogP contribution in [0.2, 0.25) is 0 Å². The van der Waals surface area contributed by atoms with Gasteiger partial charge in [-0.05, 0) is 110 Å². The standard InChI is InChI=1S/C29H48O/c1-7-21(19(2)3)9-8-20(4)25-12-13-26-24-11-10-22-18-23(30)14-16-28(22,5)27(24)15-17-29(25,26)6/h8-9,11,19-23,25-27,30H,7,10,12-18H2,1-6H3/b9-8+/t20-,21+,22+,23-,25-,26+,27-,28+,29-/m1/s1. The summed E-state index contributed by atoms with van der Waals surface area (Å²) in [4.78, 5) is 0. The van der Waals surface area contributed by atoms with Gasteiger partial charge in [0, 0.05) is 0 Å². The van der Waals surface area contributed by atoms with Crippen molar-refractivity contribution in [2.45, 2.75) is 105 Å². The van der Waals surface area contributed by atoms with E-state index >= 15 is 0 Å². The Morgan fingerprint density at radius 1 is 1.00 bits per heavy atom. The van der Waals surface area contributed by atoms with Crippen LogP contribution in [-0.4, -0.2) is 11.2 Å². The maximum atomic E-state index is 10.3. The third-order valence-corrected chi connectivity index (χ3v) is 10.7. The van der Waals surface area contributed by atoms with Gasteiger partial charge in [-0.2, -0.15) is 0 Å². The van der Waals surface area contributed by atoms with E-state index in [1.54, 1.807) is 0 Å². The van der Waals surface area contributed by atoms with E-state index in [9.17, 15) is 5.11 Å². The largest absolute Gasteiger partial charge is 0.393 e. The Hall–Kier alpha value is -0.560. The summed E-state index contributed by atoms with van der Waals surface area (Å²) in [6.45, 7) is 14.8. The fourth-order valence-corrected chi connectivity index (χ4v) is 8.68. The lowest BCUT2D eigenvalue weighted by Gasteiger charge is -2.57. The molecule has 0 unspecified atom stereocenters. The zero-order valence-electron chi connectivity index (χ0n) is 20.7. The number of hydrogen-bond acceptors (Lipinski definition) is 1. The summed E-state index contributed by atoms with van der Waals surface area (Å²) in [6, 6.07) is 0. The Labute approximate surface area is 186 Å². The highest BCUT2D eigenvalue weighted by molar-refractivity contribution is 5.28. The van der Waals surface area contributed by atoms with Gasteiger partial charge >= 0.3 is 0 Å². The van der Waals surface area contributed by atoms with Crippen LogP contribution < -0.4 is 0 Å². The third-order valence-electron chi connectivity index (χ3n) is 10.7. The molecule has 4 rings (SSSR count). The molecule has 9 atom stereocenters. The average Bonchev–Trinajstić information content (AvgIpc) is 3.06. The summed E-state index contributed by atoms with van der Waals surface area (Å²) in [5.41, 5.74) is 2.79. The fourth-order valence-electron chi connectivity index (χ4n) is 8.68. The second-order valence-corrected chi connectivity index (χ2v) is 12.5. The molecule has 1 nitrogen and oxygen atoms in total. The van der Waals surface area contributed by atoms with Crippen molar-refractivity contribution in [2.75, 3.05) is 0 Å². The molecule has 0 aromatic rings. The molecule has 0 aromatic carbocycles. The van der Waals surface area contributed by atoms with Crippen molar-refractivity contribution in [3.8, 4) is 0 Å². The van der Waals surface area contributed by atoms with Crippen molar-refractivity contribution in [1.82, 2.24) is 0 Å². The van der Waals surface area contributed by atoms with Gasteiger partial charge < -0.3 is 5.11 Å². The zero-order chi connectivity index (χ0) is 21.7. The van der Waals surface area contributed by atoms with Crippen molar-refractivity contribution in [2.24, 2.45) is 52.3 Å². The van der Waals surface area contributed by atoms with Crippen LogP contribution in [0.25, 0.3) is 0 Å². The van der Waals surface area contributed by atoms with E-state index in [0.717, 1.165) is 42.4 Å². The van der Waals surface area contributed by atoms with E-state index in [1.807, 2.05) is 5.57 Å². The molecule has 4 aliphatic rings. The van der Waals surface area contributed by atoms with Crippen molar-refractivity contribution in [1.29, 1.82) is 0 Å². The van der Waals surface area contributed by atoms with Crippen LogP contribution in [0.4, 0.5) is 0 Å². The van der Waals surface area contributed by atoms with Gasteiger partial charge in [-0.25, -0.2) is 0 Å². The number of aliphatic hydroxyl groups excluding tert-OH is 1. The maximum absolute atomic E-state index is 10.3. The monoisotopic (exact) mass is 412 g/mol. The number of allylic oxidation sites excluding steroid dienone is 4. The summed E-state index contributed by atoms with van der Waals surface area (Å²) in [5.74, 6) is 5.32. The first-order valence-electron chi connectivity index (χ1n) is 13.3. The number of hydrogen-bond donors (Lipinski definition) is 1. The van der Waals surface area contributed by atoms with E-state index < -0.39 is 0 Å². The molecule has 170 valence electrons. The molecular formula is C29H48O. The molecule has 0 heterocycles. The van der Waals surface area contributed by atoms with Crippen LogP contribution in [0.15, 0.2) is 23.8 Å². The smallest absolute Gasteiger partial charge is 0.0543 e. The molecular weight excluding hydrogens is 364 g/mol. The Morgan fingerprint density at radius 3 is 2.40 bits per heavy atom. The number of rotatable bonds is 5. The topological polar surface area (TPSA) is 20.2 Å². The summed E-state index contributed by atoms with van der Waals surface area (Å²) >= 11 is 0. The van der Waals surface area contributed by atoms with Gasteiger partial charge in [0.15, 0.2) is 0 Å². The molecule has 0 radical (unpaired) electrons. The quantitative estimate of drug-likeness (QED) is 0.457. The zero-order valence-corrected chi connectivity index (χ0v) is 20.7. The molecule has 0 bridgehead atoms. The minimum atomic E-state index is -0.0480. The fraction of sp³-hybridized carbons (Fsp3) is 0.862. The summed E-state index contributed by atoms with van der Waals surface area (Å²) in [5, 5.41) is 10.3. The van der Waals surface area contributed by atoms with E-state index in [-0.39, 0.29) is 6.10 Å². The lowest BCUT2D eigenvalue weighted by atomic mass is 9.47. The van der Waals surface area contributed by atoms with Crippen molar-refractivity contribution >= 4 is 0 Å². The molecule has 0 aliphatic heterocycles. The summed E-state index contributed by atoms with van der Waals surface area (Å²) in [6.07, 6.45) is 19.2. The van der Waals surface area contributed by atoms with Crippen LogP contribution in [-0.2, 0) is 0 Å². The molecule has 0 saturated heterocycles. The summed E-state index contributed by atoms with van der Waals surface area (Å²) < 4.78 is 0. The van der Waals surface area contributed by atoms with Gasteiger partial charge in [-0.15, -0.1) is 0 Å². The first-order chi connectivity index (χ1) is 14.2. The third kappa shape index (κ3) is 3.66. The lowest BCUT2D eigenvalue weighted by molar-refractivity contribution is -0.0414. The van der Waals surface area contributed by atoms with Crippen LogP contribution in [0, 0.1) is 52.3 Å². The second-order valence-electron chi connectivity index (χ2n) is 12.5. The summed E-state index contributed by atoms with van der Waals surface area (Å²) in [7, 11) is 0. The molecule has 1 N–H and O–H groups in total. The highest BCUT2D eigenvalue weighted by Gasteiger charge is 2.57. The van der Waals surface area contributed by atoms with Gasteiger partial charge in [0.05, 0.1) is 6.10 Å². The van der Waals surface area contributed by atoms with E-state index in [1.165, 1.54) is 44.9 Å². The minimum Gasteiger partial charge on any atom is -0.393 e. The Bertz CT molecular complexity index is 674. The van der Waals surface area contributed by atoms with Gasteiger partial charge in [0.1, 0.15) is 0 Å². The second kappa shape index (κ2) is 8.42. The maximum Gasteiger partial charge on any atom is 0.0543 e. The lowest BCUT2D eigenvalue weighted by Crippen LogP contribution is -2.49. The first-order valence-corrected chi connectivity index (χ1v) is 13.3. The van der Waals surface area contributed by atoms with E-state index in [0.29, 0.717) is 22.7 Å². The SMILES string of the molecule is CC[C@@H](/C=C/[C@@H](C)[C@H]1CC[C@H]2C3=CC[C@H]4C[C@H](O)CC[C@]4(C)[C@@H]3CC[C@]12C)C(C)C. The molecule has 0 spiro atoms. The van der Waals surface area contributed by atoms with Crippen molar-refractivity contribution in [3.05, 3.63) is 23.8 Å². The molecule has 3 saturated carbocycles. The average molecular weight is 413 g/mol. The van der Waals surface area contributed by atoms with Crippen LogP contribution in [0.3, 0.4) is 0 Å². The van der Waals surface area contributed by atoms with E-state index in [2.05, 4.69) is 59.8 Å². The Kier molecular flexibility index (Phi) is 6.35. The first kappa shape index (κ1) is 22.6. The Morgan fingerprint density at radius 2 is 1.70 bits per heavy atom. The van der Waals surface area contributed by atoms with Crippen LogP contribution in [0.5, 0.6) is 0 Å². The molecule has 3 fully saturated rings. The van der Waals surface area contributed by atoms with Crippen molar-refractivity contribution < 1.29 is 5.11 Å². The molecule has 0 aromatic heterocycles. The normalized spacial score (nSPS) is 45.6. The van der Waals surface area contributed by atoms with Gasteiger partial charge in [-0.3, -0.25) is 0 Å². The molecule has 4 aliphatic carbocycles. The number of fused-ring (bicyclic) bond motifs is 5. The van der Waals surface area contributed by atoms with Gasteiger partial charge in [0.25, 0.3) is 0 Å². The van der Waals surface area contributed by atoms with Crippen molar-refractivity contribution in [3.63, 3.8) is 0 Å². The molecule has 30 heavy (non-hydrogen) atoms. The van der Waals surface area contributed by atoms with Crippen LogP contribution >= 0.6 is 0 Å². The Balaban J connectivity index is 1.53. The minimum absolute atomic E-state index is 0.0480. The van der Waals surface area contributed by atoms with E-state index in [4.69, 9.17) is 0 Å². The predicted octanol–water partition coefficient (Wildman–Crippen LogP) is 7.80. The number of aliphatic hydroxyl groups is 1. The highest BCUT2D eigenvalue weighted by atomic mass is 16.3. The van der Waals surface area contributed by atoms with Gasteiger partial charge in [0.2, 0.25) is 0 Å². The predicted molar refractivity (Wildman–Crippen MR) is 128 cm³/mol. The highest BCUT2D eigenvalue weighted by Crippen LogP contribution is 2.66. The molecule has 1 heteroatoms. The van der Waals surface area contributed by atoms with Gasteiger partial charge in [-0.1, -0.05) is 65.3 Å². The van der Waals surface area contributed by atoms with Crippen LogP contribution in [0.1, 0.15) is 99.3 Å².